The molecule has 2 aliphatic heterocycles. The van der Waals surface area contributed by atoms with Crippen LogP contribution in [0.3, 0.4) is 0 Å². The van der Waals surface area contributed by atoms with E-state index in [0.717, 1.165) is 23.0 Å². The van der Waals surface area contributed by atoms with Gasteiger partial charge in [-0.3, -0.25) is 9.59 Å². The van der Waals surface area contributed by atoms with Gasteiger partial charge >= 0.3 is 0 Å². The average molecular weight is 631 g/mol. The van der Waals surface area contributed by atoms with Crippen LogP contribution in [0.15, 0.2) is 70.2 Å². The maximum atomic E-state index is 11.5. The van der Waals surface area contributed by atoms with Gasteiger partial charge in [-0.15, -0.1) is 47.0 Å². The Kier molecular flexibility index (Phi) is 14.1. The summed E-state index contributed by atoms with van der Waals surface area (Å²) in [6.45, 7) is 11.7. The number of benzene rings is 1. The van der Waals surface area contributed by atoms with Gasteiger partial charge in [-0.05, 0) is 47.9 Å². The smallest absolute Gasteiger partial charge is 0.211 e. The van der Waals surface area contributed by atoms with Crippen molar-refractivity contribution in [1.29, 1.82) is 0 Å². The molecular formula is C26H30O2S8. The van der Waals surface area contributed by atoms with Crippen molar-refractivity contribution in [3.05, 3.63) is 81.3 Å². The third-order valence-electron chi connectivity index (χ3n) is 5.13. The predicted octanol–water partition coefficient (Wildman–Crippen LogP) is 9.46. The van der Waals surface area contributed by atoms with E-state index in [1.165, 1.54) is 56.6 Å². The molecule has 194 valence electrons. The molecule has 36 heavy (non-hydrogen) atoms. The third-order valence-corrected chi connectivity index (χ3v) is 16.1. The third kappa shape index (κ3) is 10.5. The van der Waals surface area contributed by atoms with Gasteiger partial charge in [0.05, 0.1) is 9.16 Å². The van der Waals surface area contributed by atoms with E-state index in [9.17, 15) is 9.59 Å². The molecule has 10 heteroatoms. The molecular weight excluding hydrogens is 601 g/mol. The first-order valence-electron chi connectivity index (χ1n) is 11.3. The van der Waals surface area contributed by atoms with Crippen LogP contribution in [0.5, 0.6) is 0 Å². The first-order valence-corrected chi connectivity index (χ1v) is 19.0. The highest BCUT2D eigenvalue weighted by Crippen LogP contribution is 2.46. The standard InChI is InChI=1S/C26H30O2S8/c1-5-23(27)31-11-21-13-33-25(35-21)15-29-17(3)19-8-7-9-20(10-19)18(4)30-16-26-34-14-22(36-26)12-32-24(28)6-2/h5-10,13-14,17-18,25-26H,1-2,11-12,15-16H2,3-4H3. The number of hydrogen-bond donors (Lipinski definition) is 0. The molecule has 4 unspecified atom stereocenters. The topological polar surface area (TPSA) is 34.1 Å². The van der Waals surface area contributed by atoms with E-state index >= 15 is 0 Å². The lowest BCUT2D eigenvalue weighted by atomic mass is 10.1. The van der Waals surface area contributed by atoms with E-state index in [1.54, 1.807) is 0 Å². The van der Waals surface area contributed by atoms with Crippen LogP contribution >= 0.6 is 94.1 Å². The summed E-state index contributed by atoms with van der Waals surface area (Å²) in [5.74, 6) is 3.65. The second kappa shape index (κ2) is 16.4. The van der Waals surface area contributed by atoms with E-state index in [0.29, 0.717) is 19.7 Å². The minimum atomic E-state index is 0.0402. The van der Waals surface area contributed by atoms with Crippen molar-refractivity contribution in [3.63, 3.8) is 0 Å². The minimum Gasteiger partial charge on any atom is -0.282 e. The summed E-state index contributed by atoms with van der Waals surface area (Å²) in [7, 11) is 0. The molecule has 0 aromatic heterocycles. The fraction of sp³-hybridized carbons (Fsp3) is 0.385. The first kappa shape index (κ1) is 30.9. The lowest BCUT2D eigenvalue weighted by Gasteiger charge is -2.18. The largest absolute Gasteiger partial charge is 0.282 e. The minimum absolute atomic E-state index is 0.0402. The lowest BCUT2D eigenvalue weighted by molar-refractivity contribution is -0.107. The Morgan fingerprint density at radius 2 is 1.31 bits per heavy atom. The summed E-state index contributed by atoms with van der Waals surface area (Å²) in [6, 6.07) is 9.06. The van der Waals surface area contributed by atoms with Crippen LogP contribution in [0.4, 0.5) is 0 Å². The molecule has 2 aliphatic rings. The Morgan fingerprint density at radius 1 is 0.861 bits per heavy atom. The van der Waals surface area contributed by atoms with Gasteiger partial charge in [-0.25, -0.2) is 0 Å². The molecule has 1 aromatic carbocycles. The number of carbonyl (C=O) groups excluding carboxylic acids is 2. The van der Waals surface area contributed by atoms with Crippen molar-refractivity contribution in [1.82, 2.24) is 0 Å². The van der Waals surface area contributed by atoms with Crippen LogP contribution in [0, 0.1) is 0 Å². The molecule has 4 atom stereocenters. The Morgan fingerprint density at radius 3 is 1.72 bits per heavy atom. The molecule has 0 bridgehead atoms. The second-order valence-corrected chi connectivity index (χ2v) is 17.9. The van der Waals surface area contributed by atoms with Gasteiger partial charge in [-0.1, -0.05) is 60.9 Å². The summed E-state index contributed by atoms with van der Waals surface area (Å²) >= 11 is 14.2. The second-order valence-electron chi connectivity index (χ2n) is 7.78. The highest BCUT2D eigenvalue weighted by atomic mass is 32.2. The van der Waals surface area contributed by atoms with E-state index < -0.39 is 0 Å². The molecule has 0 saturated carbocycles. The number of carbonyl (C=O) groups is 2. The zero-order valence-corrected chi connectivity index (χ0v) is 26.8. The van der Waals surface area contributed by atoms with Gasteiger partial charge < -0.3 is 0 Å². The summed E-state index contributed by atoms with van der Waals surface area (Å²) in [4.78, 5) is 25.5. The molecule has 0 fully saturated rings. The maximum absolute atomic E-state index is 11.5. The predicted molar refractivity (Wildman–Crippen MR) is 178 cm³/mol. The summed E-state index contributed by atoms with van der Waals surface area (Å²) in [5, 5.41) is 5.38. The number of hydrogen-bond acceptors (Lipinski definition) is 10. The Hall–Kier alpha value is 0.320. The van der Waals surface area contributed by atoms with E-state index in [-0.39, 0.29) is 10.2 Å². The molecule has 0 spiro atoms. The Bertz CT molecular complexity index is 930. The lowest BCUT2D eigenvalue weighted by Crippen LogP contribution is -2.02. The Labute approximate surface area is 249 Å². The number of rotatable bonds is 14. The van der Waals surface area contributed by atoms with Crippen LogP contribution in [0.2, 0.25) is 0 Å². The van der Waals surface area contributed by atoms with Gasteiger partial charge in [0, 0.05) is 43.3 Å². The molecule has 0 aliphatic carbocycles. The zero-order valence-electron chi connectivity index (χ0n) is 20.3. The normalized spacial score (nSPS) is 20.9. The fourth-order valence-corrected chi connectivity index (χ4v) is 12.7. The van der Waals surface area contributed by atoms with Gasteiger partial charge in [-0.2, -0.15) is 23.5 Å². The van der Waals surface area contributed by atoms with Gasteiger partial charge in [0.2, 0.25) is 10.2 Å². The van der Waals surface area contributed by atoms with Crippen molar-refractivity contribution in [2.24, 2.45) is 0 Å². The van der Waals surface area contributed by atoms with Crippen molar-refractivity contribution in [2.45, 2.75) is 33.5 Å². The highest BCUT2D eigenvalue weighted by Gasteiger charge is 2.22. The average Bonchev–Trinajstić information content (AvgIpc) is 3.56. The van der Waals surface area contributed by atoms with Gasteiger partial charge in [0.25, 0.3) is 0 Å². The van der Waals surface area contributed by atoms with Gasteiger partial charge in [0.15, 0.2) is 0 Å². The fourth-order valence-electron chi connectivity index (χ4n) is 3.14. The Balaban J connectivity index is 1.39. The SMILES string of the molecule is C=CC(=O)SCC1=CSC(CSC(C)c2cccc(C(C)SCC3SC=C(CSC(=O)C=C)S3)c2)S1. The molecule has 2 nitrogen and oxygen atoms in total. The van der Waals surface area contributed by atoms with E-state index in [1.807, 2.05) is 70.6 Å². The quantitative estimate of drug-likeness (QED) is 0.185. The molecule has 1 aromatic rings. The van der Waals surface area contributed by atoms with Crippen molar-refractivity contribution in [2.75, 3.05) is 23.0 Å². The van der Waals surface area contributed by atoms with Crippen LogP contribution in [-0.4, -0.2) is 42.4 Å². The summed E-state index contributed by atoms with van der Waals surface area (Å²) < 4.78 is 1.02. The molecule has 2 heterocycles. The van der Waals surface area contributed by atoms with Crippen LogP contribution < -0.4 is 0 Å². The van der Waals surface area contributed by atoms with Crippen LogP contribution in [0.25, 0.3) is 0 Å². The molecule has 0 N–H and O–H groups in total. The van der Waals surface area contributed by atoms with Crippen molar-refractivity contribution in [3.8, 4) is 0 Å². The van der Waals surface area contributed by atoms with E-state index in [2.05, 4.69) is 62.1 Å². The molecule has 0 saturated heterocycles. The van der Waals surface area contributed by atoms with Gasteiger partial charge in [0.1, 0.15) is 0 Å². The summed E-state index contributed by atoms with van der Waals surface area (Å²) in [6.07, 6.45) is 2.77. The maximum Gasteiger partial charge on any atom is 0.211 e. The monoisotopic (exact) mass is 630 g/mol. The highest BCUT2D eigenvalue weighted by molar-refractivity contribution is 8.25. The summed E-state index contributed by atoms with van der Waals surface area (Å²) in [5.41, 5.74) is 2.77. The van der Waals surface area contributed by atoms with Crippen LogP contribution in [0.1, 0.15) is 35.5 Å². The molecule has 3 rings (SSSR count). The van der Waals surface area contributed by atoms with Crippen LogP contribution in [-0.2, 0) is 9.59 Å². The molecule has 0 amide bonds. The number of thioether (sulfide) groups is 8. The molecule has 0 radical (unpaired) electrons. The van der Waals surface area contributed by atoms with Crippen molar-refractivity contribution >= 4 is 104 Å². The first-order chi connectivity index (χ1) is 17.4. The van der Waals surface area contributed by atoms with Crippen molar-refractivity contribution < 1.29 is 9.59 Å². The zero-order chi connectivity index (χ0) is 25.9. The van der Waals surface area contributed by atoms with E-state index in [4.69, 9.17) is 0 Å².